The van der Waals surface area contributed by atoms with Crippen LogP contribution in [0.1, 0.15) is 29.8 Å². The number of aromatic nitrogens is 2. The van der Waals surface area contributed by atoms with Crippen molar-refractivity contribution in [1.82, 2.24) is 9.38 Å². The average molecular weight is 254 g/mol. The van der Waals surface area contributed by atoms with Gasteiger partial charge in [-0.25, -0.2) is 9.78 Å². The Morgan fingerprint density at radius 2 is 2.42 bits per heavy atom. The summed E-state index contributed by atoms with van der Waals surface area (Å²) in [5, 5.41) is 0. The number of carbonyl (C=O) groups excluding carboxylic acids is 1. The summed E-state index contributed by atoms with van der Waals surface area (Å²) in [6.45, 7) is 0. The van der Waals surface area contributed by atoms with Crippen molar-refractivity contribution in [3.63, 3.8) is 0 Å². The standard InChI is InChI=1S/C15H14N2O2/c1-2-5-13(11-7-8-11)19-15(18)12-10-17-9-4-3-6-14(17)16-12/h1,3-4,6,9-11,13H,5,7-8H2. The van der Waals surface area contributed by atoms with Crippen LogP contribution in [-0.2, 0) is 4.74 Å². The van der Waals surface area contributed by atoms with E-state index in [4.69, 9.17) is 11.2 Å². The molecule has 0 saturated heterocycles. The molecule has 19 heavy (non-hydrogen) atoms. The van der Waals surface area contributed by atoms with Gasteiger partial charge < -0.3 is 9.14 Å². The van der Waals surface area contributed by atoms with Crippen molar-refractivity contribution >= 4 is 11.6 Å². The summed E-state index contributed by atoms with van der Waals surface area (Å²) >= 11 is 0. The van der Waals surface area contributed by atoms with Crippen LogP contribution in [-0.4, -0.2) is 21.5 Å². The number of esters is 1. The van der Waals surface area contributed by atoms with Crippen molar-refractivity contribution in [2.24, 2.45) is 5.92 Å². The molecular formula is C15H14N2O2. The maximum atomic E-state index is 12.1. The van der Waals surface area contributed by atoms with E-state index in [1.807, 2.05) is 24.4 Å². The Balaban J connectivity index is 1.77. The maximum Gasteiger partial charge on any atom is 0.358 e. The zero-order valence-electron chi connectivity index (χ0n) is 10.5. The number of hydrogen-bond acceptors (Lipinski definition) is 3. The molecule has 0 amide bonds. The second-order valence-corrected chi connectivity index (χ2v) is 4.78. The third-order valence-electron chi connectivity index (χ3n) is 3.30. The van der Waals surface area contributed by atoms with Gasteiger partial charge in [-0.2, -0.15) is 0 Å². The first kappa shape index (κ1) is 11.8. The van der Waals surface area contributed by atoms with Crippen LogP contribution >= 0.6 is 0 Å². The minimum absolute atomic E-state index is 0.165. The average Bonchev–Trinajstić information content (AvgIpc) is 3.16. The van der Waals surface area contributed by atoms with Gasteiger partial charge in [-0.3, -0.25) is 0 Å². The highest BCUT2D eigenvalue weighted by molar-refractivity contribution is 5.88. The quantitative estimate of drug-likeness (QED) is 0.621. The molecule has 0 N–H and O–H groups in total. The van der Waals surface area contributed by atoms with Gasteiger partial charge >= 0.3 is 5.97 Å². The van der Waals surface area contributed by atoms with Crippen LogP contribution in [0.4, 0.5) is 0 Å². The van der Waals surface area contributed by atoms with Gasteiger partial charge in [0, 0.05) is 18.8 Å². The van der Waals surface area contributed by atoms with Gasteiger partial charge in [-0.15, -0.1) is 12.3 Å². The lowest BCUT2D eigenvalue weighted by Gasteiger charge is -2.13. The third kappa shape index (κ3) is 2.45. The second kappa shape index (κ2) is 4.77. The fourth-order valence-corrected chi connectivity index (χ4v) is 2.12. The Hall–Kier alpha value is -2.28. The van der Waals surface area contributed by atoms with Gasteiger partial charge in [0.05, 0.1) is 0 Å². The van der Waals surface area contributed by atoms with Gasteiger partial charge in [0.25, 0.3) is 0 Å². The van der Waals surface area contributed by atoms with Crippen LogP contribution < -0.4 is 0 Å². The van der Waals surface area contributed by atoms with E-state index in [1.54, 1.807) is 10.6 Å². The van der Waals surface area contributed by atoms with E-state index in [-0.39, 0.29) is 6.10 Å². The van der Waals surface area contributed by atoms with Gasteiger partial charge in [0.15, 0.2) is 5.69 Å². The SMILES string of the molecule is C#CCC(OC(=O)c1cn2ccccc2n1)C1CC1. The van der Waals surface area contributed by atoms with Crippen LogP contribution in [0.3, 0.4) is 0 Å². The van der Waals surface area contributed by atoms with E-state index in [0.717, 1.165) is 18.5 Å². The van der Waals surface area contributed by atoms with Crippen LogP contribution in [0.25, 0.3) is 5.65 Å². The molecule has 0 radical (unpaired) electrons. The largest absolute Gasteiger partial charge is 0.456 e. The van der Waals surface area contributed by atoms with Gasteiger partial charge in [-0.05, 0) is 30.9 Å². The predicted octanol–water partition coefficient (Wildman–Crippen LogP) is 2.29. The molecule has 3 rings (SSSR count). The molecule has 1 fully saturated rings. The minimum atomic E-state index is -0.393. The molecule has 96 valence electrons. The van der Waals surface area contributed by atoms with E-state index in [9.17, 15) is 4.79 Å². The van der Waals surface area contributed by atoms with Crippen LogP contribution in [0, 0.1) is 18.3 Å². The molecule has 1 unspecified atom stereocenters. The summed E-state index contributed by atoms with van der Waals surface area (Å²) in [7, 11) is 0. The summed E-state index contributed by atoms with van der Waals surface area (Å²) < 4.78 is 7.27. The van der Waals surface area contributed by atoms with E-state index < -0.39 is 5.97 Å². The molecule has 4 nitrogen and oxygen atoms in total. The van der Waals surface area contributed by atoms with Crippen molar-refractivity contribution in [3.8, 4) is 12.3 Å². The number of hydrogen-bond donors (Lipinski definition) is 0. The molecule has 0 spiro atoms. The topological polar surface area (TPSA) is 43.6 Å². The molecule has 0 bridgehead atoms. The number of pyridine rings is 1. The van der Waals surface area contributed by atoms with Crippen LogP contribution in [0.2, 0.25) is 0 Å². The molecule has 1 aliphatic rings. The molecule has 1 aliphatic carbocycles. The molecule has 2 heterocycles. The van der Waals surface area contributed by atoms with E-state index in [1.165, 1.54) is 0 Å². The lowest BCUT2D eigenvalue weighted by atomic mass is 10.2. The van der Waals surface area contributed by atoms with Crippen LogP contribution in [0.5, 0.6) is 0 Å². The van der Waals surface area contributed by atoms with Gasteiger partial charge in [-0.1, -0.05) is 6.07 Å². The number of nitrogens with zero attached hydrogens (tertiary/aromatic N) is 2. The van der Waals surface area contributed by atoms with Crippen LogP contribution in [0.15, 0.2) is 30.6 Å². The predicted molar refractivity (Wildman–Crippen MR) is 70.6 cm³/mol. The van der Waals surface area contributed by atoms with E-state index in [2.05, 4.69) is 10.9 Å². The Bertz CT molecular complexity index is 616. The zero-order valence-corrected chi connectivity index (χ0v) is 10.5. The van der Waals surface area contributed by atoms with E-state index >= 15 is 0 Å². The number of imidazole rings is 1. The first-order chi connectivity index (χ1) is 9.28. The summed E-state index contributed by atoms with van der Waals surface area (Å²) in [6.07, 6.45) is 11.3. The minimum Gasteiger partial charge on any atom is -0.456 e. The van der Waals surface area contributed by atoms with Gasteiger partial charge in [0.2, 0.25) is 0 Å². The summed E-state index contributed by atoms with van der Waals surface area (Å²) in [5.74, 6) is 2.60. The zero-order chi connectivity index (χ0) is 13.2. The number of terminal acetylenes is 1. The fourth-order valence-electron chi connectivity index (χ4n) is 2.12. The molecule has 2 aromatic heterocycles. The smallest absolute Gasteiger partial charge is 0.358 e. The molecule has 4 heteroatoms. The highest BCUT2D eigenvalue weighted by atomic mass is 16.5. The van der Waals surface area contributed by atoms with Crippen molar-refractivity contribution in [2.45, 2.75) is 25.4 Å². The Kier molecular flexibility index (Phi) is 2.96. The van der Waals surface area contributed by atoms with Crippen molar-refractivity contribution < 1.29 is 9.53 Å². The third-order valence-corrected chi connectivity index (χ3v) is 3.30. The molecule has 2 aromatic rings. The van der Waals surface area contributed by atoms with Crippen molar-refractivity contribution in [2.75, 3.05) is 0 Å². The van der Waals surface area contributed by atoms with Crippen molar-refractivity contribution in [1.29, 1.82) is 0 Å². The molecule has 0 aromatic carbocycles. The van der Waals surface area contributed by atoms with Crippen molar-refractivity contribution in [3.05, 3.63) is 36.3 Å². The molecule has 1 saturated carbocycles. The number of carbonyl (C=O) groups is 1. The molecule has 0 aliphatic heterocycles. The lowest BCUT2D eigenvalue weighted by molar-refractivity contribution is 0.0255. The Morgan fingerprint density at radius 1 is 1.58 bits per heavy atom. The summed E-state index contributed by atoms with van der Waals surface area (Å²) in [6, 6.07) is 5.61. The Labute approximate surface area is 111 Å². The fraction of sp³-hybridized carbons (Fsp3) is 0.333. The monoisotopic (exact) mass is 254 g/mol. The summed E-state index contributed by atoms with van der Waals surface area (Å²) in [4.78, 5) is 16.3. The number of ether oxygens (including phenoxy) is 1. The number of fused-ring (bicyclic) bond motifs is 1. The second-order valence-electron chi connectivity index (χ2n) is 4.78. The Morgan fingerprint density at radius 3 is 3.11 bits per heavy atom. The first-order valence-electron chi connectivity index (χ1n) is 6.36. The van der Waals surface area contributed by atoms with Gasteiger partial charge in [0.1, 0.15) is 11.8 Å². The molecular weight excluding hydrogens is 240 g/mol. The maximum absolute atomic E-state index is 12.1. The number of rotatable bonds is 4. The highest BCUT2D eigenvalue weighted by Gasteiger charge is 2.34. The molecule has 1 atom stereocenters. The lowest BCUT2D eigenvalue weighted by Crippen LogP contribution is -2.20. The first-order valence-corrected chi connectivity index (χ1v) is 6.36. The van der Waals surface area contributed by atoms with E-state index in [0.29, 0.717) is 18.0 Å². The highest BCUT2D eigenvalue weighted by Crippen LogP contribution is 2.36. The summed E-state index contributed by atoms with van der Waals surface area (Å²) in [5.41, 5.74) is 1.06. The normalized spacial score (nSPS) is 15.9.